The van der Waals surface area contributed by atoms with Gasteiger partial charge in [-0.25, -0.2) is 9.78 Å². The Morgan fingerprint density at radius 3 is 2.81 bits per heavy atom. The molecule has 0 bridgehead atoms. The van der Waals surface area contributed by atoms with E-state index in [1.807, 2.05) is 32.0 Å². The molecule has 0 spiro atoms. The van der Waals surface area contributed by atoms with Crippen LogP contribution in [-0.2, 0) is 16.1 Å². The summed E-state index contributed by atoms with van der Waals surface area (Å²) in [7, 11) is 0. The molecule has 0 fully saturated rings. The molecule has 1 N–H and O–H groups in total. The van der Waals surface area contributed by atoms with Crippen LogP contribution >= 0.6 is 0 Å². The molecule has 3 rings (SSSR count). The van der Waals surface area contributed by atoms with Gasteiger partial charge in [-0.3, -0.25) is 14.2 Å². The average Bonchev–Trinajstić information content (AvgIpc) is 3.06. The summed E-state index contributed by atoms with van der Waals surface area (Å²) in [5.41, 5.74) is 1.61. The molecule has 0 unspecified atom stereocenters. The SMILES string of the molecule is CCOC(=O)c1noc2ncn(CC(=O)Nc3cc(C)ccc3C)c(=O)c12. The Balaban J connectivity index is 1.88. The van der Waals surface area contributed by atoms with Crippen LogP contribution < -0.4 is 10.9 Å². The molecule has 9 nitrogen and oxygen atoms in total. The lowest BCUT2D eigenvalue weighted by atomic mass is 10.1. The number of benzene rings is 1. The van der Waals surface area contributed by atoms with Crippen LogP contribution in [0.3, 0.4) is 0 Å². The zero-order chi connectivity index (χ0) is 19.6. The number of nitrogens with zero attached hydrogens (tertiary/aromatic N) is 3. The maximum atomic E-state index is 12.7. The normalized spacial score (nSPS) is 10.8. The Kier molecular flexibility index (Phi) is 5.02. The first-order valence-corrected chi connectivity index (χ1v) is 8.29. The quantitative estimate of drug-likeness (QED) is 0.681. The van der Waals surface area contributed by atoms with Gasteiger partial charge in [-0.1, -0.05) is 17.3 Å². The summed E-state index contributed by atoms with van der Waals surface area (Å²) >= 11 is 0. The van der Waals surface area contributed by atoms with Gasteiger partial charge in [-0.15, -0.1) is 0 Å². The molecule has 1 amide bonds. The fraction of sp³-hybridized carbons (Fsp3) is 0.278. The van der Waals surface area contributed by atoms with Gasteiger partial charge in [0.1, 0.15) is 18.3 Å². The summed E-state index contributed by atoms with van der Waals surface area (Å²) in [4.78, 5) is 40.9. The van der Waals surface area contributed by atoms with E-state index in [9.17, 15) is 14.4 Å². The molecule has 0 aliphatic carbocycles. The number of hydrogen-bond acceptors (Lipinski definition) is 7. The lowest BCUT2D eigenvalue weighted by Gasteiger charge is -2.10. The van der Waals surface area contributed by atoms with E-state index in [0.29, 0.717) is 5.69 Å². The molecule has 140 valence electrons. The molecule has 3 aromatic rings. The molecule has 0 aliphatic heterocycles. The van der Waals surface area contributed by atoms with Crippen molar-refractivity contribution in [3.63, 3.8) is 0 Å². The van der Waals surface area contributed by atoms with Crippen molar-refractivity contribution in [3.05, 3.63) is 51.7 Å². The maximum Gasteiger partial charge on any atom is 0.361 e. The van der Waals surface area contributed by atoms with E-state index in [1.54, 1.807) is 6.92 Å². The Morgan fingerprint density at radius 1 is 1.30 bits per heavy atom. The van der Waals surface area contributed by atoms with E-state index >= 15 is 0 Å². The zero-order valence-corrected chi connectivity index (χ0v) is 15.1. The highest BCUT2D eigenvalue weighted by Crippen LogP contribution is 2.16. The van der Waals surface area contributed by atoms with Crippen molar-refractivity contribution in [2.24, 2.45) is 0 Å². The van der Waals surface area contributed by atoms with Gasteiger partial charge < -0.3 is 14.6 Å². The molecular weight excluding hydrogens is 352 g/mol. The second-order valence-corrected chi connectivity index (χ2v) is 5.98. The Bertz CT molecular complexity index is 1080. The van der Waals surface area contributed by atoms with Crippen molar-refractivity contribution in [2.75, 3.05) is 11.9 Å². The number of carbonyl (C=O) groups excluding carboxylic acids is 2. The third-order valence-corrected chi connectivity index (χ3v) is 3.91. The number of ether oxygens (including phenoxy) is 1. The highest BCUT2D eigenvalue weighted by molar-refractivity contribution is 5.99. The van der Waals surface area contributed by atoms with Crippen LogP contribution in [0.1, 0.15) is 28.5 Å². The molecule has 2 heterocycles. The Hall–Kier alpha value is -3.49. The Labute approximate surface area is 153 Å². The van der Waals surface area contributed by atoms with Crippen molar-refractivity contribution < 1.29 is 18.8 Å². The Morgan fingerprint density at radius 2 is 2.07 bits per heavy atom. The first-order valence-electron chi connectivity index (χ1n) is 8.29. The number of carbonyl (C=O) groups is 2. The standard InChI is InChI=1S/C18H18N4O5/c1-4-26-18(25)15-14-16(27-21-15)19-9-22(17(14)24)8-13(23)20-12-7-10(2)5-6-11(12)3/h5-7,9H,4,8H2,1-3H3,(H,20,23). The van der Waals surface area contributed by atoms with Crippen molar-refractivity contribution in [1.29, 1.82) is 0 Å². The monoisotopic (exact) mass is 370 g/mol. The van der Waals surface area contributed by atoms with Crippen molar-refractivity contribution in [2.45, 2.75) is 27.3 Å². The van der Waals surface area contributed by atoms with E-state index in [0.717, 1.165) is 15.7 Å². The highest BCUT2D eigenvalue weighted by Gasteiger charge is 2.22. The molecule has 1 aromatic carbocycles. The van der Waals surface area contributed by atoms with E-state index in [2.05, 4.69) is 15.5 Å². The van der Waals surface area contributed by atoms with Crippen LogP contribution in [0.15, 0.2) is 33.8 Å². The number of esters is 1. The fourth-order valence-corrected chi connectivity index (χ4v) is 2.55. The summed E-state index contributed by atoms with van der Waals surface area (Å²) in [5.74, 6) is -1.19. The minimum absolute atomic E-state index is 0.0887. The van der Waals surface area contributed by atoms with Crippen molar-refractivity contribution >= 4 is 28.7 Å². The van der Waals surface area contributed by atoms with Crippen molar-refractivity contribution in [1.82, 2.24) is 14.7 Å². The smallest absolute Gasteiger partial charge is 0.361 e. The third-order valence-electron chi connectivity index (χ3n) is 3.91. The number of rotatable bonds is 5. The van der Waals surface area contributed by atoms with Gasteiger partial charge in [0, 0.05) is 5.69 Å². The number of hydrogen-bond donors (Lipinski definition) is 1. The third kappa shape index (κ3) is 3.71. The van der Waals surface area contributed by atoms with Gasteiger partial charge in [0.2, 0.25) is 11.6 Å². The highest BCUT2D eigenvalue weighted by atomic mass is 16.5. The number of anilines is 1. The molecule has 0 aliphatic rings. The van der Waals surface area contributed by atoms with Gasteiger partial charge in [-0.2, -0.15) is 0 Å². The molecule has 0 saturated heterocycles. The predicted molar refractivity (Wildman–Crippen MR) is 96.6 cm³/mol. The number of fused-ring (bicyclic) bond motifs is 1. The summed E-state index contributed by atoms with van der Waals surface area (Å²) in [6.07, 6.45) is 1.17. The molecule has 0 radical (unpaired) electrons. The van der Waals surface area contributed by atoms with Gasteiger partial charge in [0.05, 0.1) is 6.61 Å². The summed E-state index contributed by atoms with van der Waals surface area (Å²) in [6, 6.07) is 5.68. The van der Waals surface area contributed by atoms with E-state index < -0.39 is 17.4 Å². The van der Waals surface area contributed by atoms with Gasteiger partial charge in [0.15, 0.2) is 0 Å². The minimum Gasteiger partial charge on any atom is -0.461 e. The summed E-state index contributed by atoms with van der Waals surface area (Å²) in [6.45, 7) is 5.27. The van der Waals surface area contributed by atoms with Crippen LogP contribution in [-0.4, -0.2) is 33.2 Å². The maximum absolute atomic E-state index is 12.7. The lowest BCUT2D eigenvalue weighted by molar-refractivity contribution is -0.116. The molecule has 27 heavy (non-hydrogen) atoms. The minimum atomic E-state index is -0.785. The van der Waals surface area contributed by atoms with E-state index in [1.165, 1.54) is 6.33 Å². The van der Waals surface area contributed by atoms with Crippen LogP contribution in [0.25, 0.3) is 11.1 Å². The van der Waals surface area contributed by atoms with Crippen LogP contribution in [0.4, 0.5) is 5.69 Å². The molecule has 2 aromatic heterocycles. The first-order chi connectivity index (χ1) is 12.9. The summed E-state index contributed by atoms with van der Waals surface area (Å²) < 4.78 is 10.8. The molecular formula is C18H18N4O5. The zero-order valence-electron chi connectivity index (χ0n) is 15.1. The van der Waals surface area contributed by atoms with Gasteiger partial charge >= 0.3 is 5.97 Å². The molecule has 9 heteroatoms. The lowest BCUT2D eigenvalue weighted by Crippen LogP contribution is -2.28. The second kappa shape index (κ2) is 7.40. The summed E-state index contributed by atoms with van der Waals surface area (Å²) in [5, 5.41) is 6.21. The number of aryl methyl sites for hydroxylation is 2. The van der Waals surface area contributed by atoms with Crippen LogP contribution in [0.5, 0.6) is 0 Å². The van der Waals surface area contributed by atoms with Crippen LogP contribution in [0.2, 0.25) is 0 Å². The first kappa shape index (κ1) is 18.3. The largest absolute Gasteiger partial charge is 0.461 e. The number of aromatic nitrogens is 3. The molecule has 0 atom stereocenters. The van der Waals surface area contributed by atoms with Crippen LogP contribution in [0, 0.1) is 13.8 Å². The van der Waals surface area contributed by atoms with Gasteiger partial charge in [0.25, 0.3) is 11.3 Å². The average molecular weight is 370 g/mol. The van der Waals surface area contributed by atoms with Gasteiger partial charge in [-0.05, 0) is 38.0 Å². The number of nitrogens with one attached hydrogen (secondary N) is 1. The number of amides is 1. The van der Waals surface area contributed by atoms with Crippen molar-refractivity contribution in [3.8, 4) is 0 Å². The topological polar surface area (TPSA) is 116 Å². The second-order valence-electron chi connectivity index (χ2n) is 5.98. The molecule has 0 saturated carbocycles. The van der Waals surface area contributed by atoms with E-state index in [4.69, 9.17) is 9.26 Å². The predicted octanol–water partition coefficient (Wildman–Crippen LogP) is 1.82. The van der Waals surface area contributed by atoms with E-state index in [-0.39, 0.29) is 29.9 Å². The fourth-order valence-electron chi connectivity index (χ4n) is 2.55.